The molecule has 0 spiro atoms. The van der Waals surface area contributed by atoms with Crippen LogP contribution in [0.25, 0.3) is 0 Å². The number of carbonyl (C=O) groups excluding carboxylic acids is 1. The summed E-state index contributed by atoms with van der Waals surface area (Å²) in [6.45, 7) is 6.81. The zero-order valence-corrected chi connectivity index (χ0v) is 10.9. The molecule has 0 bridgehead atoms. The van der Waals surface area contributed by atoms with Gasteiger partial charge in [0.25, 0.3) is 0 Å². The van der Waals surface area contributed by atoms with Crippen molar-refractivity contribution in [2.45, 2.75) is 32.4 Å². The van der Waals surface area contributed by atoms with E-state index in [1.165, 1.54) is 0 Å². The number of aromatic nitrogens is 2. The van der Waals surface area contributed by atoms with Crippen molar-refractivity contribution in [2.24, 2.45) is 0 Å². The molecule has 0 saturated carbocycles. The number of likely N-dealkylation sites (tertiary alicyclic amines) is 1. The van der Waals surface area contributed by atoms with Crippen molar-refractivity contribution in [3.63, 3.8) is 0 Å². The Bertz CT molecular complexity index is 410. The van der Waals surface area contributed by atoms with Gasteiger partial charge in [-0.2, -0.15) is 0 Å². The molecular weight excluding hydrogens is 232 g/mol. The average molecular weight is 250 g/mol. The van der Waals surface area contributed by atoms with Crippen LogP contribution in [0.4, 0.5) is 10.7 Å². The van der Waals surface area contributed by atoms with E-state index in [-0.39, 0.29) is 12.1 Å². The van der Waals surface area contributed by atoms with Crippen molar-refractivity contribution in [2.75, 3.05) is 18.4 Å². The van der Waals surface area contributed by atoms with Crippen LogP contribution in [-0.4, -0.2) is 45.7 Å². The Kier molecular flexibility index (Phi) is 3.36. The lowest BCUT2D eigenvalue weighted by molar-refractivity contribution is 0.0104. The number of amides is 1. The third-order valence-electron chi connectivity index (χ3n) is 2.43. The van der Waals surface area contributed by atoms with Gasteiger partial charge in [0.2, 0.25) is 5.95 Å². The van der Waals surface area contributed by atoms with Crippen LogP contribution in [0, 0.1) is 0 Å². The monoisotopic (exact) mass is 250 g/mol. The molecule has 1 amide bonds. The van der Waals surface area contributed by atoms with Crippen LogP contribution in [0.15, 0.2) is 18.5 Å². The standard InChI is InChI=1S/C12H18N4O2/c1-12(2,3)18-11(17)16-7-9(8-16)15-10-13-5-4-6-14-10/h4-6,9H,7-8H2,1-3H3,(H,13,14,15). The molecule has 18 heavy (non-hydrogen) atoms. The van der Waals surface area contributed by atoms with Gasteiger partial charge in [0, 0.05) is 25.5 Å². The second-order valence-corrected chi connectivity index (χ2v) is 5.30. The third-order valence-corrected chi connectivity index (χ3v) is 2.43. The Morgan fingerprint density at radius 1 is 1.39 bits per heavy atom. The fourth-order valence-corrected chi connectivity index (χ4v) is 1.60. The molecular formula is C12H18N4O2. The van der Waals surface area contributed by atoms with Gasteiger partial charge in [-0.1, -0.05) is 0 Å². The Balaban J connectivity index is 1.76. The highest BCUT2D eigenvalue weighted by atomic mass is 16.6. The van der Waals surface area contributed by atoms with E-state index in [1.54, 1.807) is 23.4 Å². The summed E-state index contributed by atoms with van der Waals surface area (Å²) in [4.78, 5) is 21.5. The summed E-state index contributed by atoms with van der Waals surface area (Å²) in [5.41, 5.74) is -0.446. The number of rotatable bonds is 2. The fraction of sp³-hybridized carbons (Fsp3) is 0.583. The lowest BCUT2D eigenvalue weighted by Gasteiger charge is -2.39. The molecule has 0 aliphatic carbocycles. The molecule has 2 rings (SSSR count). The van der Waals surface area contributed by atoms with E-state index in [2.05, 4.69) is 15.3 Å². The molecule has 1 saturated heterocycles. The molecule has 0 atom stereocenters. The SMILES string of the molecule is CC(C)(C)OC(=O)N1CC(Nc2ncccn2)C1. The molecule has 0 unspecified atom stereocenters. The minimum absolute atomic E-state index is 0.194. The molecule has 1 aliphatic rings. The van der Waals surface area contributed by atoms with Crippen LogP contribution in [-0.2, 0) is 4.74 Å². The van der Waals surface area contributed by atoms with E-state index in [9.17, 15) is 4.79 Å². The zero-order chi connectivity index (χ0) is 13.2. The first kappa shape index (κ1) is 12.6. The maximum absolute atomic E-state index is 11.7. The summed E-state index contributed by atoms with van der Waals surface area (Å²) in [7, 11) is 0. The smallest absolute Gasteiger partial charge is 0.410 e. The van der Waals surface area contributed by atoms with Crippen LogP contribution in [0.2, 0.25) is 0 Å². The van der Waals surface area contributed by atoms with Gasteiger partial charge in [0.15, 0.2) is 0 Å². The number of anilines is 1. The van der Waals surface area contributed by atoms with E-state index in [4.69, 9.17) is 4.74 Å². The maximum Gasteiger partial charge on any atom is 0.410 e. The number of nitrogens with zero attached hydrogens (tertiary/aromatic N) is 3. The van der Waals surface area contributed by atoms with E-state index in [0.717, 1.165) is 0 Å². The van der Waals surface area contributed by atoms with Crippen molar-refractivity contribution < 1.29 is 9.53 Å². The molecule has 98 valence electrons. The van der Waals surface area contributed by atoms with Crippen LogP contribution in [0.5, 0.6) is 0 Å². The first-order valence-corrected chi connectivity index (χ1v) is 5.95. The fourth-order valence-electron chi connectivity index (χ4n) is 1.60. The van der Waals surface area contributed by atoms with Gasteiger partial charge in [-0.05, 0) is 26.8 Å². The summed E-state index contributed by atoms with van der Waals surface area (Å²) in [6, 6.07) is 1.96. The van der Waals surface area contributed by atoms with Gasteiger partial charge in [-0.3, -0.25) is 0 Å². The highest BCUT2D eigenvalue weighted by Crippen LogP contribution is 2.16. The van der Waals surface area contributed by atoms with Crippen molar-refractivity contribution in [1.29, 1.82) is 0 Å². The predicted molar refractivity (Wildman–Crippen MR) is 67.2 cm³/mol. The Labute approximate surface area is 106 Å². The Hall–Kier alpha value is -1.85. The topological polar surface area (TPSA) is 67.3 Å². The average Bonchev–Trinajstić information content (AvgIpc) is 2.21. The Morgan fingerprint density at radius 3 is 2.56 bits per heavy atom. The molecule has 1 aliphatic heterocycles. The minimum Gasteiger partial charge on any atom is -0.444 e. The number of nitrogens with one attached hydrogen (secondary N) is 1. The summed E-state index contributed by atoms with van der Waals surface area (Å²) in [5.74, 6) is 0.589. The molecule has 1 N–H and O–H groups in total. The highest BCUT2D eigenvalue weighted by molar-refractivity contribution is 5.69. The van der Waals surface area contributed by atoms with Gasteiger partial charge in [-0.15, -0.1) is 0 Å². The predicted octanol–water partition coefficient (Wildman–Crippen LogP) is 1.51. The molecule has 6 heteroatoms. The number of carbonyl (C=O) groups is 1. The summed E-state index contributed by atoms with van der Waals surface area (Å²) < 4.78 is 5.27. The van der Waals surface area contributed by atoms with Crippen LogP contribution >= 0.6 is 0 Å². The summed E-state index contributed by atoms with van der Waals surface area (Å²) in [6.07, 6.45) is 3.09. The van der Waals surface area contributed by atoms with E-state index in [1.807, 2.05) is 20.8 Å². The summed E-state index contributed by atoms with van der Waals surface area (Å²) in [5, 5.41) is 3.15. The van der Waals surface area contributed by atoms with Gasteiger partial charge >= 0.3 is 6.09 Å². The van der Waals surface area contributed by atoms with Crippen molar-refractivity contribution in [3.05, 3.63) is 18.5 Å². The first-order valence-electron chi connectivity index (χ1n) is 5.95. The van der Waals surface area contributed by atoms with Crippen molar-refractivity contribution in [1.82, 2.24) is 14.9 Å². The van der Waals surface area contributed by atoms with Gasteiger partial charge in [-0.25, -0.2) is 14.8 Å². The normalized spacial score (nSPS) is 16.1. The van der Waals surface area contributed by atoms with Crippen molar-refractivity contribution in [3.8, 4) is 0 Å². The third kappa shape index (κ3) is 3.32. The van der Waals surface area contributed by atoms with Crippen LogP contribution in [0.3, 0.4) is 0 Å². The van der Waals surface area contributed by atoms with Crippen LogP contribution < -0.4 is 5.32 Å². The lowest BCUT2D eigenvalue weighted by atomic mass is 10.1. The van der Waals surface area contributed by atoms with Crippen LogP contribution in [0.1, 0.15) is 20.8 Å². The van der Waals surface area contributed by atoms with Crippen molar-refractivity contribution >= 4 is 12.0 Å². The highest BCUT2D eigenvalue weighted by Gasteiger charge is 2.33. The minimum atomic E-state index is -0.446. The van der Waals surface area contributed by atoms with E-state index in [0.29, 0.717) is 19.0 Å². The first-order chi connectivity index (χ1) is 8.44. The second kappa shape index (κ2) is 4.80. The number of hydrogen-bond acceptors (Lipinski definition) is 5. The van der Waals surface area contributed by atoms with E-state index >= 15 is 0 Å². The quantitative estimate of drug-likeness (QED) is 0.861. The van der Waals surface area contributed by atoms with Gasteiger partial charge < -0.3 is 15.0 Å². The molecule has 2 heterocycles. The van der Waals surface area contributed by atoms with E-state index < -0.39 is 5.60 Å². The molecule has 0 aromatic carbocycles. The number of hydrogen-bond donors (Lipinski definition) is 1. The largest absolute Gasteiger partial charge is 0.444 e. The van der Waals surface area contributed by atoms with Gasteiger partial charge in [0.05, 0.1) is 6.04 Å². The molecule has 0 radical (unpaired) electrons. The lowest BCUT2D eigenvalue weighted by Crippen LogP contribution is -2.58. The summed E-state index contributed by atoms with van der Waals surface area (Å²) >= 11 is 0. The molecule has 6 nitrogen and oxygen atoms in total. The maximum atomic E-state index is 11.7. The second-order valence-electron chi connectivity index (χ2n) is 5.30. The molecule has 1 fully saturated rings. The Morgan fingerprint density at radius 2 is 2.00 bits per heavy atom. The molecule has 1 aromatic rings. The molecule has 1 aromatic heterocycles. The number of ether oxygens (including phenoxy) is 1. The van der Waals surface area contributed by atoms with Gasteiger partial charge in [0.1, 0.15) is 5.60 Å². The zero-order valence-electron chi connectivity index (χ0n) is 10.9.